The van der Waals surface area contributed by atoms with Gasteiger partial charge in [0.25, 0.3) is 0 Å². The van der Waals surface area contributed by atoms with Gasteiger partial charge in [0, 0.05) is 64.3 Å². The van der Waals surface area contributed by atoms with Crippen LogP contribution in [0.5, 0.6) is 0 Å². The quantitative estimate of drug-likeness (QED) is 0.484. The van der Waals surface area contributed by atoms with Crippen molar-refractivity contribution >= 4 is 33.6 Å². The first-order valence-corrected chi connectivity index (χ1v) is 13.1. The molecule has 1 saturated heterocycles. The fraction of sp³-hybridized carbons (Fsp3) is 0.400. The van der Waals surface area contributed by atoms with Gasteiger partial charge in [-0.15, -0.1) is 0 Å². The summed E-state index contributed by atoms with van der Waals surface area (Å²) in [6.07, 6.45) is 3.98. The van der Waals surface area contributed by atoms with E-state index in [4.69, 9.17) is 9.47 Å². The number of nitrogens with one attached hydrogen (secondary N) is 1. The van der Waals surface area contributed by atoms with Crippen LogP contribution < -0.4 is 5.32 Å². The van der Waals surface area contributed by atoms with E-state index in [-0.39, 0.29) is 24.5 Å². The van der Waals surface area contributed by atoms with E-state index in [1.165, 1.54) is 10.9 Å². The number of carbonyl (C=O) groups excluding carboxylic acids is 2. The fourth-order valence-electron chi connectivity index (χ4n) is 6.20. The van der Waals surface area contributed by atoms with Gasteiger partial charge in [-0.1, -0.05) is 24.3 Å². The van der Waals surface area contributed by atoms with Crippen LogP contribution in [0.1, 0.15) is 57.4 Å². The zero-order valence-corrected chi connectivity index (χ0v) is 20.9. The minimum atomic E-state index is -0.445. The molecule has 2 atom stereocenters. The van der Waals surface area contributed by atoms with Gasteiger partial charge in [-0.3, -0.25) is 4.79 Å². The first-order valence-electron chi connectivity index (χ1n) is 13.1. The Morgan fingerprint density at radius 2 is 1.94 bits per heavy atom. The highest BCUT2D eigenvalue weighted by Gasteiger charge is 2.39. The lowest BCUT2D eigenvalue weighted by Crippen LogP contribution is -2.35. The Morgan fingerprint density at radius 1 is 1.11 bits per heavy atom. The third-order valence-electron chi connectivity index (χ3n) is 7.87. The average Bonchev–Trinajstić information content (AvgIpc) is 3.52. The number of carbonyl (C=O) groups is 2. The van der Waals surface area contributed by atoms with Gasteiger partial charge in [-0.25, -0.2) is 4.79 Å². The van der Waals surface area contributed by atoms with Crippen molar-refractivity contribution in [3.05, 3.63) is 70.6 Å². The number of hydrogen-bond acceptors (Lipinski definition) is 5. The zero-order valence-electron chi connectivity index (χ0n) is 20.9. The molecular formula is C30H32N2O4. The molecule has 6 rings (SSSR count). The molecule has 3 aromatic rings. The number of ether oxygens (including phenoxy) is 2. The fourth-order valence-corrected chi connectivity index (χ4v) is 6.20. The Morgan fingerprint density at radius 3 is 2.75 bits per heavy atom. The Balaban J connectivity index is 1.47. The lowest BCUT2D eigenvalue weighted by molar-refractivity contribution is -0.142. The third-order valence-corrected chi connectivity index (χ3v) is 7.87. The van der Waals surface area contributed by atoms with Crippen molar-refractivity contribution in [1.82, 2.24) is 9.88 Å². The van der Waals surface area contributed by atoms with E-state index >= 15 is 0 Å². The molecule has 2 aliphatic heterocycles. The van der Waals surface area contributed by atoms with Crippen LogP contribution in [-0.4, -0.2) is 35.6 Å². The van der Waals surface area contributed by atoms with Gasteiger partial charge in [-0.2, -0.15) is 0 Å². The number of aryl methyl sites for hydroxylation is 1. The van der Waals surface area contributed by atoms with Crippen molar-refractivity contribution < 1.29 is 19.1 Å². The van der Waals surface area contributed by atoms with E-state index in [1.54, 1.807) is 0 Å². The molecule has 0 radical (unpaired) electrons. The molecule has 1 fully saturated rings. The Bertz CT molecular complexity index is 1440. The number of esters is 1. The predicted octanol–water partition coefficient (Wildman–Crippen LogP) is 5.50. The average molecular weight is 485 g/mol. The lowest BCUT2D eigenvalue weighted by Gasteiger charge is -2.34. The summed E-state index contributed by atoms with van der Waals surface area (Å²) >= 11 is 0. The minimum Gasteiger partial charge on any atom is -0.459 e. The summed E-state index contributed by atoms with van der Waals surface area (Å²) in [6.45, 7) is 5.89. The Kier molecular flexibility index (Phi) is 5.92. The van der Waals surface area contributed by atoms with E-state index in [0.29, 0.717) is 18.6 Å². The molecule has 6 heteroatoms. The first-order chi connectivity index (χ1) is 17.6. The van der Waals surface area contributed by atoms with E-state index in [2.05, 4.69) is 59.3 Å². The number of hydrogen-bond donors (Lipinski definition) is 1. The van der Waals surface area contributed by atoms with Crippen LogP contribution in [0, 0.1) is 0 Å². The van der Waals surface area contributed by atoms with Crippen LogP contribution in [0.2, 0.25) is 0 Å². The molecule has 36 heavy (non-hydrogen) atoms. The number of para-hydroxylation sites is 1. The molecule has 186 valence electrons. The third kappa shape index (κ3) is 3.75. The molecule has 1 aromatic heterocycles. The molecule has 3 aliphatic rings. The summed E-state index contributed by atoms with van der Waals surface area (Å²) in [7, 11) is 0. The van der Waals surface area contributed by atoms with Crippen molar-refractivity contribution in [2.45, 2.75) is 64.5 Å². The highest BCUT2D eigenvalue weighted by molar-refractivity contribution is 6.09. The predicted molar refractivity (Wildman–Crippen MR) is 140 cm³/mol. The maximum absolute atomic E-state index is 13.5. The normalized spacial score (nSPS) is 22.3. The molecule has 3 heterocycles. The largest absolute Gasteiger partial charge is 0.459 e. The van der Waals surface area contributed by atoms with Crippen molar-refractivity contribution in [2.75, 3.05) is 13.2 Å². The molecular weight excluding hydrogens is 452 g/mol. The number of aromatic nitrogens is 1. The van der Waals surface area contributed by atoms with E-state index in [0.717, 1.165) is 65.7 Å². The monoisotopic (exact) mass is 484 g/mol. The second-order valence-electron chi connectivity index (χ2n) is 10.0. The molecule has 0 saturated carbocycles. The summed E-state index contributed by atoms with van der Waals surface area (Å²) in [5, 5.41) is 5.71. The summed E-state index contributed by atoms with van der Waals surface area (Å²) in [4.78, 5) is 26.8. The second kappa shape index (κ2) is 9.25. The molecule has 1 aliphatic carbocycles. The molecule has 0 bridgehead atoms. The number of fused-ring (bicyclic) bond motifs is 3. The first kappa shape index (κ1) is 23.0. The van der Waals surface area contributed by atoms with Gasteiger partial charge < -0.3 is 19.4 Å². The van der Waals surface area contributed by atoms with Crippen molar-refractivity contribution in [3.8, 4) is 0 Å². The highest BCUT2D eigenvalue weighted by atomic mass is 16.6. The van der Waals surface area contributed by atoms with Crippen molar-refractivity contribution in [3.63, 3.8) is 0 Å². The topological polar surface area (TPSA) is 69.6 Å². The van der Waals surface area contributed by atoms with E-state index in [1.807, 2.05) is 6.92 Å². The van der Waals surface area contributed by atoms with Crippen LogP contribution in [0.15, 0.2) is 65.0 Å². The molecule has 2 unspecified atom stereocenters. The summed E-state index contributed by atoms with van der Waals surface area (Å²) in [5.74, 6) is -0.706. The Labute approximate surface area is 210 Å². The summed E-state index contributed by atoms with van der Waals surface area (Å²) < 4.78 is 13.8. The van der Waals surface area contributed by atoms with E-state index < -0.39 is 5.92 Å². The Hall–Kier alpha value is -3.38. The van der Waals surface area contributed by atoms with Gasteiger partial charge in [-0.05, 0) is 63.3 Å². The number of allylic oxidation sites excluding steroid dienone is 3. The lowest BCUT2D eigenvalue weighted by atomic mass is 9.75. The molecule has 0 amide bonds. The summed E-state index contributed by atoms with van der Waals surface area (Å²) in [5.41, 5.74) is 6.25. The maximum Gasteiger partial charge on any atom is 0.336 e. The zero-order chi connectivity index (χ0) is 24.8. The number of Topliss-reactive ketones (excluding diaryl/α,β-unsaturated/α-hetero) is 1. The smallest absolute Gasteiger partial charge is 0.336 e. The number of dihydropyridines is 1. The van der Waals surface area contributed by atoms with Crippen molar-refractivity contribution in [2.24, 2.45) is 0 Å². The molecule has 1 N–H and O–H groups in total. The molecule has 6 nitrogen and oxygen atoms in total. The second-order valence-corrected chi connectivity index (χ2v) is 10.0. The number of rotatable bonds is 5. The molecule has 0 spiro atoms. The number of ketones is 1. The van der Waals surface area contributed by atoms with Crippen LogP contribution in [0.3, 0.4) is 0 Å². The summed E-state index contributed by atoms with van der Waals surface area (Å²) in [6, 6.07) is 14.8. The number of benzene rings is 2. The standard InChI is InChI=1S/C30H32N2O4/c1-3-32-24-11-5-4-9-21(24)22-16-19(13-14-25(22)32)28-27(30(34)36-17-20-8-7-15-35-20)18(2)31-23-10-6-12-26(33)29(23)28/h4-5,9,11,13-14,16,20,28,31H,3,6-8,10,12,15,17H2,1-2H3. The van der Waals surface area contributed by atoms with Gasteiger partial charge in [0.2, 0.25) is 0 Å². The number of nitrogens with zero attached hydrogens (tertiary/aromatic N) is 1. The van der Waals surface area contributed by atoms with E-state index in [9.17, 15) is 9.59 Å². The van der Waals surface area contributed by atoms with Gasteiger partial charge in [0.05, 0.1) is 11.7 Å². The van der Waals surface area contributed by atoms with Gasteiger partial charge >= 0.3 is 5.97 Å². The van der Waals surface area contributed by atoms with Crippen LogP contribution >= 0.6 is 0 Å². The van der Waals surface area contributed by atoms with Crippen LogP contribution in [-0.2, 0) is 25.6 Å². The minimum absolute atomic E-state index is 0.0486. The van der Waals surface area contributed by atoms with Gasteiger partial charge in [0.1, 0.15) is 6.61 Å². The van der Waals surface area contributed by atoms with Crippen LogP contribution in [0.4, 0.5) is 0 Å². The maximum atomic E-state index is 13.5. The highest BCUT2D eigenvalue weighted by Crippen LogP contribution is 2.44. The van der Waals surface area contributed by atoms with Crippen molar-refractivity contribution in [1.29, 1.82) is 0 Å². The molecule has 2 aromatic carbocycles. The van der Waals surface area contributed by atoms with Gasteiger partial charge in [0.15, 0.2) is 5.78 Å². The SMILES string of the molecule is CCn1c2ccccc2c2cc(C3C(C(=O)OCC4CCCO4)=C(C)NC4=C3C(=O)CCC4)ccc21. The van der Waals surface area contributed by atoms with Crippen LogP contribution in [0.25, 0.3) is 21.8 Å².